The van der Waals surface area contributed by atoms with Gasteiger partial charge in [-0.15, -0.1) is 0 Å². The Kier molecular flexibility index (Phi) is 4.68. The van der Waals surface area contributed by atoms with Gasteiger partial charge in [-0.25, -0.2) is 0 Å². The van der Waals surface area contributed by atoms with Crippen LogP contribution in [-0.2, 0) is 11.2 Å². The summed E-state index contributed by atoms with van der Waals surface area (Å²) in [6.07, 6.45) is 0.942. The molecule has 0 aliphatic carbocycles. The summed E-state index contributed by atoms with van der Waals surface area (Å²) >= 11 is 0. The molecule has 1 heterocycles. The van der Waals surface area contributed by atoms with E-state index in [2.05, 4.69) is 17.6 Å². The SMILES string of the molecule is CC1CNCCC1NC(=O)Cc1ccccc1[N+](=O)[O-]. The fourth-order valence-corrected chi connectivity index (χ4v) is 2.50. The molecule has 0 saturated carbocycles. The van der Waals surface area contributed by atoms with Crippen LogP contribution in [0.15, 0.2) is 24.3 Å². The highest BCUT2D eigenvalue weighted by Crippen LogP contribution is 2.18. The van der Waals surface area contributed by atoms with Gasteiger partial charge in [-0.2, -0.15) is 0 Å². The number of benzene rings is 1. The van der Waals surface area contributed by atoms with Crippen molar-refractivity contribution in [2.24, 2.45) is 5.92 Å². The van der Waals surface area contributed by atoms with Crippen molar-refractivity contribution in [2.45, 2.75) is 25.8 Å². The molecule has 1 fully saturated rings. The van der Waals surface area contributed by atoms with Gasteiger partial charge < -0.3 is 10.6 Å². The Hall–Kier alpha value is -1.95. The van der Waals surface area contributed by atoms with Crippen LogP contribution in [0.25, 0.3) is 0 Å². The fourth-order valence-electron chi connectivity index (χ4n) is 2.50. The van der Waals surface area contributed by atoms with Gasteiger partial charge in [0.25, 0.3) is 5.69 Å². The first-order valence-electron chi connectivity index (χ1n) is 6.80. The summed E-state index contributed by atoms with van der Waals surface area (Å²) in [5.74, 6) is 0.219. The number of para-hydroxylation sites is 1. The Balaban J connectivity index is 1.99. The van der Waals surface area contributed by atoms with Crippen molar-refractivity contribution in [3.63, 3.8) is 0 Å². The number of hydrogen-bond acceptors (Lipinski definition) is 4. The molecular weight excluding hydrogens is 258 g/mol. The molecule has 0 spiro atoms. The molecular formula is C14H19N3O3. The molecule has 2 atom stereocenters. The Labute approximate surface area is 117 Å². The van der Waals surface area contributed by atoms with Gasteiger partial charge in [-0.3, -0.25) is 14.9 Å². The molecule has 0 aromatic heterocycles. The van der Waals surface area contributed by atoms with Gasteiger partial charge in [0, 0.05) is 17.7 Å². The lowest BCUT2D eigenvalue weighted by Gasteiger charge is -2.30. The molecule has 2 N–H and O–H groups in total. The summed E-state index contributed by atoms with van der Waals surface area (Å²) in [6, 6.07) is 6.52. The van der Waals surface area contributed by atoms with Gasteiger partial charge in [0.2, 0.25) is 5.91 Å². The molecule has 0 radical (unpaired) electrons. The number of carbonyl (C=O) groups is 1. The van der Waals surface area contributed by atoms with E-state index in [1.165, 1.54) is 6.07 Å². The van der Waals surface area contributed by atoms with E-state index in [1.54, 1.807) is 18.2 Å². The predicted octanol–water partition coefficient (Wildman–Crippen LogP) is 1.25. The zero-order valence-corrected chi connectivity index (χ0v) is 11.5. The number of nitro groups is 1. The number of nitrogens with one attached hydrogen (secondary N) is 2. The van der Waals surface area contributed by atoms with Gasteiger partial charge in [-0.05, 0) is 25.4 Å². The monoisotopic (exact) mass is 277 g/mol. The van der Waals surface area contributed by atoms with Crippen molar-refractivity contribution >= 4 is 11.6 Å². The Morgan fingerprint density at radius 2 is 2.25 bits per heavy atom. The highest BCUT2D eigenvalue weighted by molar-refractivity contribution is 5.80. The van der Waals surface area contributed by atoms with Crippen molar-refractivity contribution in [3.05, 3.63) is 39.9 Å². The van der Waals surface area contributed by atoms with E-state index < -0.39 is 4.92 Å². The van der Waals surface area contributed by atoms with Crippen LogP contribution >= 0.6 is 0 Å². The van der Waals surface area contributed by atoms with E-state index in [1.807, 2.05) is 0 Å². The number of hydrogen-bond donors (Lipinski definition) is 2. The summed E-state index contributed by atoms with van der Waals surface area (Å²) in [5.41, 5.74) is 0.456. The molecule has 108 valence electrons. The van der Waals surface area contributed by atoms with Crippen molar-refractivity contribution < 1.29 is 9.72 Å². The van der Waals surface area contributed by atoms with Gasteiger partial charge in [0.05, 0.1) is 11.3 Å². The zero-order chi connectivity index (χ0) is 14.5. The lowest BCUT2D eigenvalue weighted by atomic mass is 9.95. The average Bonchev–Trinajstić information content (AvgIpc) is 2.41. The molecule has 1 aliphatic rings. The third kappa shape index (κ3) is 3.54. The minimum Gasteiger partial charge on any atom is -0.353 e. The Morgan fingerprint density at radius 1 is 1.50 bits per heavy atom. The molecule has 1 aromatic carbocycles. The smallest absolute Gasteiger partial charge is 0.273 e. The summed E-state index contributed by atoms with van der Waals surface area (Å²) in [6.45, 7) is 3.86. The summed E-state index contributed by atoms with van der Waals surface area (Å²) in [7, 11) is 0. The van der Waals surface area contributed by atoms with Crippen LogP contribution in [0.4, 0.5) is 5.69 Å². The van der Waals surface area contributed by atoms with Crippen LogP contribution in [0.1, 0.15) is 18.9 Å². The standard InChI is InChI=1S/C14H19N3O3/c1-10-9-15-7-6-12(10)16-14(18)8-11-4-2-3-5-13(11)17(19)20/h2-5,10,12,15H,6-9H2,1H3,(H,16,18). The normalized spacial score (nSPS) is 22.2. The number of amides is 1. The largest absolute Gasteiger partial charge is 0.353 e. The van der Waals surface area contributed by atoms with E-state index >= 15 is 0 Å². The molecule has 0 bridgehead atoms. The molecule has 1 saturated heterocycles. The number of carbonyl (C=O) groups excluding carboxylic acids is 1. The van der Waals surface area contributed by atoms with E-state index in [4.69, 9.17) is 0 Å². The van der Waals surface area contributed by atoms with Gasteiger partial charge in [-0.1, -0.05) is 25.1 Å². The maximum atomic E-state index is 12.0. The van der Waals surface area contributed by atoms with E-state index in [9.17, 15) is 14.9 Å². The molecule has 20 heavy (non-hydrogen) atoms. The number of nitro benzene ring substituents is 1. The Morgan fingerprint density at radius 3 is 2.95 bits per heavy atom. The number of nitrogens with zero attached hydrogens (tertiary/aromatic N) is 1. The maximum absolute atomic E-state index is 12.0. The molecule has 2 unspecified atom stereocenters. The lowest BCUT2D eigenvalue weighted by molar-refractivity contribution is -0.385. The highest BCUT2D eigenvalue weighted by Gasteiger charge is 2.23. The zero-order valence-electron chi connectivity index (χ0n) is 11.5. The summed E-state index contributed by atoms with van der Waals surface area (Å²) in [4.78, 5) is 22.5. The van der Waals surface area contributed by atoms with Crippen LogP contribution in [0.2, 0.25) is 0 Å². The summed E-state index contributed by atoms with van der Waals surface area (Å²) < 4.78 is 0. The Bertz CT molecular complexity index is 504. The molecule has 2 rings (SSSR count). The quantitative estimate of drug-likeness (QED) is 0.641. The number of piperidine rings is 1. The second kappa shape index (κ2) is 6.47. The van der Waals surface area contributed by atoms with Crippen LogP contribution in [-0.4, -0.2) is 30.0 Å². The first-order chi connectivity index (χ1) is 9.58. The first-order valence-corrected chi connectivity index (χ1v) is 6.80. The molecule has 6 heteroatoms. The van der Waals surface area contributed by atoms with Crippen LogP contribution in [0.5, 0.6) is 0 Å². The minimum atomic E-state index is -0.449. The van der Waals surface area contributed by atoms with Crippen LogP contribution < -0.4 is 10.6 Å². The van der Waals surface area contributed by atoms with Crippen molar-refractivity contribution in [1.29, 1.82) is 0 Å². The average molecular weight is 277 g/mol. The highest BCUT2D eigenvalue weighted by atomic mass is 16.6. The fraction of sp³-hybridized carbons (Fsp3) is 0.500. The maximum Gasteiger partial charge on any atom is 0.273 e. The molecule has 1 amide bonds. The van der Waals surface area contributed by atoms with Gasteiger partial charge in [0.15, 0.2) is 0 Å². The first kappa shape index (κ1) is 14.5. The predicted molar refractivity (Wildman–Crippen MR) is 75.4 cm³/mol. The van der Waals surface area contributed by atoms with Gasteiger partial charge >= 0.3 is 0 Å². The van der Waals surface area contributed by atoms with Crippen molar-refractivity contribution in [3.8, 4) is 0 Å². The van der Waals surface area contributed by atoms with Gasteiger partial charge in [0.1, 0.15) is 0 Å². The third-order valence-electron chi connectivity index (χ3n) is 3.67. The summed E-state index contributed by atoms with van der Waals surface area (Å²) in [5, 5.41) is 17.2. The number of rotatable bonds is 4. The molecule has 1 aliphatic heterocycles. The van der Waals surface area contributed by atoms with E-state index in [0.717, 1.165) is 19.5 Å². The second-order valence-corrected chi connectivity index (χ2v) is 5.21. The minimum absolute atomic E-state index is 0.000935. The van der Waals surface area contributed by atoms with Crippen LogP contribution in [0.3, 0.4) is 0 Å². The third-order valence-corrected chi connectivity index (χ3v) is 3.67. The second-order valence-electron chi connectivity index (χ2n) is 5.21. The molecule has 6 nitrogen and oxygen atoms in total. The van der Waals surface area contributed by atoms with E-state index in [-0.39, 0.29) is 24.1 Å². The molecule has 1 aromatic rings. The van der Waals surface area contributed by atoms with E-state index in [0.29, 0.717) is 11.5 Å². The van der Waals surface area contributed by atoms with Crippen LogP contribution in [0, 0.1) is 16.0 Å². The van der Waals surface area contributed by atoms with Crippen molar-refractivity contribution in [1.82, 2.24) is 10.6 Å². The topological polar surface area (TPSA) is 84.3 Å². The van der Waals surface area contributed by atoms with Crippen molar-refractivity contribution in [2.75, 3.05) is 13.1 Å². The lowest BCUT2D eigenvalue weighted by Crippen LogP contribution is -2.48.